The number of amides is 1. The molecule has 8 N–H and O–H groups in total. The SMILES string of the molecule is CCN(CCC1CNc2nc(N)nc(N)c21)c1ccc(C(=O)N[C@@H](CCC(=O)O)C(=O)O)cc1. The summed E-state index contributed by atoms with van der Waals surface area (Å²) in [4.78, 5) is 44.9. The van der Waals surface area contributed by atoms with Gasteiger partial charge in [0.25, 0.3) is 5.91 Å². The molecule has 0 radical (unpaired) electrons. The number of rotatable bonds is 11. The monoisotopic (exact) mass is 471 g/mol. The predicted molar refractivity (Wildman–Crippen MR) is 127 cm³/mol. The summed E-state index contributed by atoms with van der Waals surface area (Å²) >= 11 is 0. The van der Waals surface area contributed by atoms with Crippen LogP contribution in [0.3, 0.4) is 0 Å². The molecule has 1 aliphatic heterocycles. The van der Waals surface area contributed by atoms with Crippen molar-refractivity contribution >= 4 is 41.1 Å². The Morgan fingerprint density at radius 1 is 1.21 bits per heavy atom. The van der Waals surface area contributed by atoms with Crippen LogP contribution in [-0.4, -0.2) is 63.7 Å². The van der Waals surface area contributed by atoms with Crippen LogP contribution in [0.4, 0.5) is 23.3 Å². The molecule has 2 atom stereocenters. The maximum absolute atomic E-state index is 12.5. The molecule has 0 fully saturated rings. The van der Waals surface area contributed by atoms with Gasteiger partial charge >= 0.3 is 11.9 Å². The highest BCUT2D eigenvalue weighted by atomic mass is 16.4. The summed E-state index contributed by atoms with van der Waals surface area (Å²) in [7, 11) is 0. The molecule has 0 bridgehead atoms. The summed E-state index contributed by atoms with van der Waals surface area (Å²) in [6.45, 7) is 4.19. The van der Waals surface area contributed by atoms with Crippen LogP contribution in [0.25, 0.3) is 0 Å². The van der Waals surface area contributed by atoms with Crippen molar-refractivity contribution in [1.29, 1.82) is 0 Å². The predicted octanol–water partition coefficient (Wildman–Crippen LogP) is 1.11. The maximum Gasteiger partial charge on any atom is 0.326 e. The molecule has 1 aromatic carbocycles. The van der Waals surface area contributed by atoms with Crippen molar-refractivity contribution in [3.05, 3.63) is 35.4 Å². The Morgan fingerprint density at radius 2 is 1.91 bits per heavy atom. The number of carbonyl (C=O) groups excluding carboxylic acids is 1. The summed E-state index contributed by atoms with van der Waals surface area (Å²) in [6, 6.07) is 5.55. The topological polar surface area (TPSA) is 197 Å². The Kier molecular flexibility index (Phi) is 7.71. The number of carboxylic acid groups (broad SMARTS) is 2. The molecule has 0 saturated heterocycles. The van der Waals surface area contributed by atoms with E-state index in [2.05, 4.69) is 25.5 Å². The van der Waals surface area contributed by atoms with Crippen molar-refractivity contribution in [3.63, 3.8) is 0 Å². The van der Waals surface area contributed by atoms with Crippen LogP contribution in [0.5, 0.6) is 0 Å². The third kappa shape index (κ3) is 5.82. The summed E-state index contributed by atoms with van der Waals surface area (Å²) in [5.41, 5.74) is 13.8. The van der Waals surface area contributed by atoms with E-state index in [4.69, 9.17) is 16.6 Å². The molecule has 182 valence electrons. The fourth-order valence-corrected chi connectivity index (χ4v) is 3.98. The minimum atomic E-state index is -1.28. The van der Waals surface area contributed by atoms with Gasteiger partial charge in [-0.2, -0.15) is 9.97 Å². The lowest BCUT2D eigenvalue weighted by Gasteiger charge is -2.25. The highest BCUT2D eigenvalue weighted by Gasteiger charge is 2.28. The molecule has 34 heavy (non-hydrogen) atoms. The zero-order valence-corrected chi connectivity index (χ0v) is 18.8. The Bertz CT molecular complexity index is 1060. The number of aromatic nitrogens is 2. The molecule has 1 unspecified atom stereocenters. The minimum absolute atomic E-state index is 0.139. The third-order valence-corrected chi connectivity index (χ3v) is 5.79. The number of benzene rings is 1. The number of aliphatic carboxylic acids is 2. The van der Waals surface area contributed by atoms with Crippen LogP contribution in [0.2, 0.25) is 0 Å². The lowest BCUT2D eigenvalue weighted by Crippen LogP contribution is -2.41. The average Bonchev–Trinajstić information content (AvgIpc) is 3.20. The van der Waals surface area contributed by atoms with Gasteiger partial charge in [-0.15, -0.1) is 0 Å². The summed E-state index contributed by atoms with van der Waals surface area (Å²) < 4.78 is 0. The lowest BCUT2D eigenvalue weighted by atomic mass is 9.99. The van der Waals surface area contributed by atoms with E-state index in [1.807, 2.05) is 6.92 Å². The largest absolute Gasteiger partial charge is 0.481 e. The fourth-order valence-electron chi connectivity index (χ4n) is 3.98. The van der Waals surface area contributed by atoms with Gasteiger partial charge in [-0.3, -0.25) is 9.59 Å². The van der Waals surface area contributed by atoms with Crippen LogP contribution in [0.1, 0.15) is 48.0 Å². The second kappa shape index (κ2) is 10.7. The van der Waals surface area contributed by atoms with Crippen molar-refractivity contribution in [2.45, 2.75) is 38.1 Å². The van der Waals surface area contributed by atoms with Gasteiger partial charge in [0.2, 0.25) is 5.95 Å². The number of hydrogen-bond acceptors (Lipinski definition) is 9. The number of nitrogens with one attached hydrogen (secondary N) is 2. The normalized spacial score (nSPS) is 15.1. The maximum atomic E-state index is 12.5. The molecule has 12 heteroatoms. The molecule has 3 rings (SSSR count). The smallest absolute Gasteiger partial charge is 0.326 e. The van der Waals surface area contributed by atoms with Crippen LogP contribution >= 0.6 is 0 Å². The van der Waals surface area contributed by atoms with Crippen molar-refractivity contribution in [1.82, 2.24) is 15.3 Å². The first kappa shape index (κ1) is 24.6. The lowest BCUT2D eigenvalue weighted by molar-refractivity contribution is -0.140. The van der Waals surface area contributed by atoms with Gasteiger partial charge in [0.15, 0.2) is 0 Å². The number of nitrogens with zero attached hydrogens (tertiary/aromatic N) is 3. The van der Waals surface area contributed by atoms with Crippen LogP contribution < -0.4 is 27.0 Å². The van der Waals surface area contributed by atoms with Crippen LogP contribution in [-0.2, 0) is 9.59 Å². The highest BCUT2D eigenvalue weighted by Crippen LogP contribution is 2.36. The number of nitrogen functional groups attached to an aromatic ring is 2. The molecule has 2 aromatic rings. The number of carbonyl (C=O) groups is 3. The molecule has 0 spiro atoms. The van der Waals surface area contributed by atoms with Crippen molar-refractivity contribution in [3.8, 4) is 0 Å². The van der Waals surface area contributed by atoms with Gasteiger partial charge in [0, 0.05) is 48.8 Å². The fraction of sp³-hybridized carbons (Fsp3) is 0.409. The standard InChI is InChI=1S/C22H29N7O5/c1-2-29(10-9-13-11-25-19-17(13)18(23)27-22(24)28-19)14-5-3-12(4-6-14)20(32)26-15(21(33)34)7-8-16(30)31/h3-6,13,15H,2,7-11H2,1H3,(H,26,32)(H,30,31)(H,33,34)(H5,23,24,25,27,28)/t13?,15-/m0/s1. The van der Waals surface area contributed by atoms with E-state index in [0.29, 0.717) is 18.2 Å². The molecular formula is C22H29N7O5. The second-order valence-electron chi connectivity index (χ2n) is 8.02. The van der Waals surface area contributed by atoms with E-state index >= 15 is 0 Å². The van der Waals surface area contributed by atoms with E-state index in [0.717, 1.165) is 30.8 Å². The average molecular weight is 472 g/mol. The van der Waals surface area contributed by atoms with Gasteiger partial charge < -0.3 is 37.2 Å². The van der Waals surface area contributed by atoms with Crippen LogP contribution in [0, 0.1) is 0 Å². The molecule has 12 nitrogen and oxygen atoms in total. The first-order valence-corrected chi connectivity index (χ1v) is 11.0. The van der Waals surface area contributed by atoms with Gasteiger partial charge in [0.05, 0.1) is 0 Å². The van der Waals surface area contributed by atoms with Gasteiger partial charge in [-0.25, -0.2) is 4.79 Å². The Balaban J connectivity index is 1.61. The first-order chi connectivity index (χ1) is 16.2. The molecule has 2 heterocycles. The molecule has 0 aliphatic carbocycles. The van der Waals surface area contributed by atoms with E-state index in [1.165, 1.54) is 0 Å². The zero-order chi connectivity index (χ0) is 24.8. The summed E-state index contributed by atoms with van der Waals surface area (Å²) in [5, 5.41) is 23.6. The molecular weight excluding hydrogens is 442 g/mol. The van der Waals surface area contributed by atoms with E-state index in [1.54, 1.807) is 24.3 Å². The summed E-state index contributed by atoms with van der Waals surface area (Å²) in [5.74, 6) is -1.62. The highest BCUT2D eigenvalue weighted by molar-refractivity contribution is 5.97. The quantitative estimate of drug-likeness (QED) is 0.274. The first-order valence-electron chi connectivity index (χ1n) is 11.0. The van der Waals surface area contributed by atoms with Crippen molar-refractivity contribution in [2.24, 2.45) is 0 Å². The van der Waals surface area contributed by atoms with Crippen LogP contribution in [0.15, 0.2) is 24.3 Å². The third-order valence-electron chi connectivity index (χ3n) is 5.79. The summed E-state index contributed by atoms with van der Waals surface area (Å²) in [6.07, 6.45) is 0.255. The molecule has 1 aliphatic rings. The number of carboxylic acids is 2. The van der Waals surface area contributed by atoms with Crippen molar-refractivity contribution < 1.29 is 24.6 Å². The zero-order valence-electron chi connectivity index (χ0n) is 18.8. The number of hydrogen-bond donors (Lipinski definition) is 6. The van der Waals surface area contributed by atoms with Gasteiger partial charge in [-0.05, 0) is 44.0 Å². The Labute approximate surface area is 196 Å². The van der Waals surface area contributed by atoms with E-state index < -0.39 is 23.9 Å². The Hall–Kier alpha value is -4.09. The number of nitrogens with two attached hydrogens (primary N) is 2. The van der Waals surface area contributed by atoms with Gasteiger partial charge in [0.1, 0.15) is 17.7 Å². The molecule has 1 amide bonds. The van der Waals surface area contributed by atoms with E-state index in [9.17, 15) is 19.5 Å². The van der Waals surface area contributed by atoms with Crippen molar-refractivity contribution in [2.75, 3.05) is 41.3 Å². The Morgan fingerprint density at radius 3 is 2.53 bits per heavy atom. The van der Waals surface area contributed by atoms with Gasteiger partial charge in [-0.1, -0.05) is 0 Å². The number of anilines is 4. The molecule has 1 aromatic heterocycles. The minimum Gasteiger partial charge on any atom is -0.481 e. The second-order valence-corrected chi connectivity index (χ2v) is 8.02. The van der Waals surface area contributed by atoms with E-state index in [-0.39, 0.29) is 30.3 Å². The number of fused-ring (bicyclic) bond motifs is 1. The molecule has 0 saturated carbocycles.